The fraction of sp³-hybridized carbons (Fsp3) is 0.923. The van der Waals surface area contributed by atoms with Crippen molar-refractivity contribution in [2.45, 2.75) is 58.8 Å². The van der Waals surface area contributed by atoms with Crippen LogP contribution in [0.2, 0.25) is 0 Å². The van der Waals surface area contributed by atoms with Crippen LogP contribution in [0.4, 0.5) is 0 Å². The Morgan fingerprint density at radius 2 is 1.93 bits per heavy atom. The Balaban J connectivity index is 2.05. The van der Waals surface area contributed by atoms with E-state index in [2.05, 4.69) is 19.2 Å². The molecule has 1 fully saturated rings. The highest BCUT2D eigenvalue weighted by Gasteiger charge is 2.14. The first-order chi connectivity index (χ1) is 7.18. The van der Waals surface area contributed by atoms with Gasteiger partial charge in [-0.2, -0.15) is 0 Å². The van der Waals surface area contributed by atoms with Gasteiger partial charge < -0.3 is 5.32 Å². The fourth-order valence-corrected chi connectivity index (χ4v) is 2.22. The van der Waals surface area contributed by atoms with Crippen molar-refractivity contribution in [2.75, 3.05) is 6.54 Å². The number of amides is 1. The monoisotopic (exact) mass is 211 g/mol. The minimum atomic E-state index is 0.245. The molecule has 15 heavy (non-hydrogen) atoms. The summed E-state index contributed by atoms with van der Waals surface area (Å²) in [6.07, 6.45) is 8.67. The lowest BCUT2D eigenvalue weighted by Gasteiger charge is -2.21. The van der Waals surface area contributed by atoms with E-state index in [1.54, 1.807) is 0 Å². The highest BCUT2D eigenvalue weighted by molar-refractivity contribution is 5.75. The van der Waals surface area contributed by atoms with Gasteiger partial charge >= 0.3 is 0 Å². The summed E-state index contributed by atoms with van der Waals surface area (Å²) < 4.78 is 0. The summed E-state index contributed by atoms with van der Waals surface area (Å²) in [6, 6.07) is 0. The Bertz CT molecular complexity index is 183. The summed E-state index contributed by atoms with van der Waals surface area (Å²) in [5.41, 5.74) is 0. The van der Waals surface area contributed by atoms with Gasteiger partial charge in [-0.3, -0.25) is 4.79 Å². The highest BCUT2D eigenvalue weighted by Crippen LogP contribution is 2.27. The van der Waals surface area contributed by atoms with E-state index in [0.717, 1.165) is 25.3 Å². The van der Waals surface area contributed by atoms with Crippen LogP contribution in [0.25, 0.3) is 0 Å². The van der Waals surface area contributed by atoms with E-state index in [-0.39, 0.29) is 5.91 Å². The molecule has 1 N–H and O–H groups in total. The molecule has 1 rings (SSSR count). The number of carbonyl (C=O) groups excluding carboxylic acids is 1. The molecular weight excluding hydrogens is 186 g/mol. The Hall–Kier alpha value is -0.530. The number of nitrogens with one attached hydrogen (secondary N) is 1. The minimum Gasteiger partial charge on any atom is -0.356 e. The zero-order valence-electron chi connectivity index (χ0n) is 10.2. The predicted molar refractivity (Wildman–Crippen MR) is 63.7 cm³/mol. The van der Waals surface area contributed by atoms with Crippen molar-refractivity contribution >= 4 is 5.91 Å². The normalized spacial score (nSPS) is 18.1. The van der Waals surface area contributed by atoms with E-state index < -0.39 is 0 Å². The van der Waals surface area contributed by atoms with Gasteiger partial charge in [0.25, 0.3) is 0 Å². The van der Waals surface area contributed by atoms with E-state index in [4.69, 9.17) is 0 Å². The highest BCUT2D eigenvalue weighted by atomic mass is 16.1. The van der Waals surface area contributed by atoms with Crippen LogP contribution >= 0.6 is 0 Å². The van der Waals surface area contributed by atoms with Crippen molar-refractivity contribution in [3.63, 3.8) is 0 Å². The Kier molecular flexibility index (Phi) is 5.74. The van der Waals surface area contributed by atoms with Crippen LogP contribution in [-0.4, -0.2) is 12.5 Å². The topological polar surface area (TPSA) is 29.1 Å². The van der Waals surface area contributed by atoms with Gasteiger partial charge in [0.15, 0.2) is 0 Å². The summed E-state index contributed by atoms with van der Waals surface area (Å²) in [6.45, 7) is 5.08. The standard InChI is InChI=1S/C13H25NO/c1-11(2)10-14-13(15)9-8-12-6-4-3-5-7-12/h11-12H,3-10H2,1-2H3,(H,14,15). The van der Waals surface area contributed by atoms with Gasteiger partial charge in [-0.25, -0.2) is 0 Å². The summed E-state index contributed by atoms with van der Waals surface area (Å²) in [7, 11) is 0. The van der Waals surface area contributed by atoms with Crippen LogP contribution in [0.15, 0.2) is 0 Å². The van der Waals surface area contributed by atoms with Crippen molar-refractivity contribution in [2.24, 2.45) is 11.8 Å². The van der Waals surface area contributed by atoms with E-state index >= 15 is 0 Å². The van der Waals surface area contributed by atoms with Crippen molar-refractivity contribution < 1.29 is 4.79 Å². The molecule has 0 aromatic heterocycles. The number of carbonyl (C=O) groups is 1. The van der Waals surface area contributed by atoms with Gasteiger partial charge in [0.1, 0.15) is 0 Å². The average Bonchev–Trinajstić information content (AvgIpc) is 2.25. The molecule has 1 saturated carbocycles. The summed E-state index contributed by atoms with van der Waals surface area (Å²) in [5, 5.41) is 2.98. The van der Waals surface area contributed by atoms with Crippen molar-refractivity contribution in [3.8, 4) is 0 Å². The van der Waals surface area contributed by atoms with Gasteiger partial charge in [-0.1, -0.05) is 46.0 Å². The van der Waals surface area contributed by atoms with Crippen LogP contribution in [-0.2, 0) is 4.79 Å². The van der Waals surface area contributed by atoms with Crippen LogP contribution in [0.1, 0.15) is 58.8 Å². The maximum atomic E-state index is 11.5. The molecule has 0 aromatic rings. The molecule has 0 aliphatic heterocycles. The minimum absolute atomic E-state index is 0.245. The maximum Gasteiger partial charge on any atom is 0.220 e. The molecule has 2 heteroatoms. The van der Waals surface area contributed by atoms with Gasteiger partial charge in [0, 0.05) is 13.0 Å². The molecular formula is C13H25NO. The Morgan fingerprint density at radius 1 is 1.27 bits per heavy atom. The first kappa shape index (κ1) is 12.5. The molecule has 0 saturated heterocycles. The molecule has 0 heterocycles. The second-order valence-electron chi connectivity index (χ2n) is 5.24. The lowest BCUT2D eigenvalue weighted by atomic mass is 9.86. The molecule has 88 valence electrons. The predicted octanol–water partition coefficient (Wildman–Crippen LogP) is 3.12. The van der Waals surface area contributed by atoms with Crippen molar-refractivity contribution in [1.82, 2.24) is 5.32 Å². The van der Waals surface area contributed by atoms with E-state index in [1.165, 1.54) is 32.1 Å². The molecule has 0 bridgehead atoms. The lowest BCUT2D eigenvalue weighted by Crippen LogP contribution is -2.27. The number of rotatable bonds is 5. The quantitative estimate of drug-likeness (QED) is 0.743. The molecule has 0 radical (unpaired) electrons. The lowest BCUT2D eigenvalue weighted by molar-refractivity contribution is -0.121. The molecule has 0 unspecified atom stereocenters. The first-order valence-electron chi connectivity index (χ1n) is 6.45. The second-order valence-corrected chi connectivity index (χ2v) is 5.24. The fourth-order valence-electron chi connectivity index (χ4n) is 2.22. The van der Waals surface area contributed by atoms with Gasteiger partial charge in [-0.15, -0.1) is 0 Å². The average molecular weight is 211 g/mol. The Labute approximate surface area is 93.8 Å². The van der Waals surface area contributed by atoms with E-state index in [1.807, 2.05) is 0 Å². The zero-order chi connectivity index (χ0) is 11.1. The molecule has 2 nitrogen and oxygen atoms in total. The van der Waals surface area contributed by atoms with E-state index in [0.29, 0.717) is 5.92 Å². The zero-order valence-corrected chi connectivity index (χ0v) is 10.2. The number of hydrogen-bond donors (Lipinski definition) is 1. The SMILES string of the molecule is CC(C)CNC(=O)CCC1CCCCC1. The third-order valence-electron chi connectivity index (χ3n) is 3.21. The van der Waals surface area contributed by atoms with Crippen LogP contribution < -0.4 is 5.32 Å². The second kappa shape index (κ2) is 6.86. The molecule has 1 amide bonds. The van der Waals surface area contributed by atoms with Gasteiger partial charge in [0.05, 0.1) is 0 Å². The van der Waals surface area contributed by atoms with E-state index in [9.17, 15) is 4.79 Å². The smallest absolute Gasteiger partial charge is 0.220 e. The molecule has 0 spiro atoms. The van der Waals surface area contributed by atoms with Gasteiger partial charge in [0.2, 0.25) is 5.91 Å². The molecule has 0 aromatic carbocycles. The van der Waals surface area contributed by atoms with Crippen LogP contribution in [0, 0.1) is 11.8 Å². The first-order valence-corrected chi connectivity index (χ1v) is 6.45. The third kappa shape index (κ3) is 5.81. The van der Waals surface area contributed by atoms with Gasteiger partial charge in [-0.05, 0) is 18.3 Å². The summed E-state index contributed by atoms with van der Waals surface area (Å²) >= 11 is 0. The van der Waals surface area contributed by atoms with Crippen LogP contribution in [0.3, 0.4) is 0 Å². The molecule has 1 aliphatic rings. The van der Waals surface area contributed by atoms with Crippen LogP contribution in [0.5, 0.6) is 0 Å². The largest absolute Gasteiger partial charge is 0.356 e. The number of hydrogen-bond acceptors (Lipinski definition) is 1. The maximum absolute atomic E-state index is 11.5. The Morgan fingerprint density at radius 3 is 2.53 bits per heavy atom. The molecule has 0 atom stereocenters. The third-order valence-corrected chi connectivity index (χ3v) is 3.21. The van der Waals surface area contributed by atoms with Crippen molar-refractivity contribution in [3.05, 3.63) is 0 Å². The van der Waals surface area contributed by atoms with Crippen molar-refractivity contribution in [1.29, 1.82) is 0 Å². The molecule has 1 aliphatic carbocycles. The summed E-state index contributed by atoms with van der Waals surface area (Å²) in [4.78, 5) is 11.5. The summed E-state index contributed by atoms with van der Waals surface area (Å²) in [5.74, 6) is 1.63.